The van der Waals surface area contributed by atoms with E-state index in [-0.39, 0.29) is 16.7 Å². The van der Waals surface area contributed by atoms with Crippen molar-refractivity contribution in [2.45, 2.75) is 105 Å². The van der Waals surface area contributed by atoms with Gasteiger partial charge in [-0.3, -0.25) is 0 Å². The zero-order valence-corrected chi connectivity index (χ0v) is 49.1. The van der Waals surface area contributed by atoms with Crippen molar-refractivity contribution in [3.8, 4) is 44.8 Å². The minimum atomic E-state index is -0.902. The number of hydrogen-bond donors (Lipinski definition) is 0. The molecule has 0 aliphatic heterocycles. The van der Waals surface area contributed by atoms with E-state index in [9.17, 15) is 0 Å². The Hall–Kier alpha value is -8.47. The second kappa shape index (κ2) is 23.5. The van der Waals surface area contributed by atoms with E-state index in [0.29, 0.717) is 17.5 Å². The van der Waals surface area contributed by atoms with Crippen molar-refractivity contribution >= 4 is 33.0 Å². The predicted octanol–water partition coefficient (Wildman–Crippen LogP) is 20.5. The van der Waals surface area contributed by atoms with Gasteiger partial charge < -0.3 is 4.57 Å². The summed E-state index contributed by atoms with van der Waals surface area (Å²) in [5.74, 6) is 1.92. The van der Waals surface area contributed by atoms with Gasteiger partial charge in [0.2, 0.25) is 0 Å². The van der Waals surface area contributed by atoms with Crippen LogP contribution < -0.4 is 0 Å². The van der Waals surface area contributed by atoms with Gasteiger partial charge in [-0.25, -0.2) is 15.0 Å². The van der Waals surface area contributed by atoms with Crippen molar-refractivity contribution in [3.63, 3.8) is 0 Å². The molecule has 0 aliphatic rings. The Kier molecular flexibility index (Phi) is 16.5. The van der Waals surface area contributed by atoms with Gasteiger partial charge in [-0.05, 0) is 126 Å². The van der Waals surface area contributed by atoms with Gasteiger partial charge in [0.05, 0.1) is 22.0 Å². The lowest BCUT2D eigenvalue weighted by atomic mass is 9.76. The van der Waals surface area contributed by atoms with Gasteiger partial charge in [-0.15, -0.1) is 0 Å². The van der Waals surface area contributed by atoms with Gasteiger partial charge in [0.15, 0.2) is 11.6 Å². The van der Waals surface area contributed by atoms with Gasteiger partial charge in [0.1, 0.15) is 5.82 Å². The topological polar surface area (TPSA) is 43.6 Å². The summed E-state index contributed by atoms with van der Waals surface area (Å²) in [6.45, 7) is 31.3. The van der Waals surface area contributed by atoms with Gasteiger partial charge in [0, 0.05) is 33.0 Å². The normalized spacial score (nSPS) is 14.9. The fourth-order valence-electron chi connectivity index (χ4n) is 11.0. The number of rotatable bonds is 16. The highest BCUT2D eigenvalue weighted by molar-refractivity contribution is 6.17. The first kappa shape index (κ1) is 56.3. The molecule has 0 saturated carbocycles. The molecule has 0 saturated heterocycles. The number of aromatic nitrogens is 4. The summed E-state index contributed by atoms with van der Waals surface area (Å²) < 4.78 is 2.65. The SMILES string of the molecule is C=C/C=C\C(C)(/C(=C\C(=C/C)c1nc(-c2ccc(-c3ccccc3)cc2)nc(C(C)(/C=C\C)[C@H](C)/C=C\C=C/C)n1)c1ccccc1)n1c2c(-c3ccccc3)cc(C(C)(C)C)cc2c2cc(C(C)(C)C)cc(-c3ccccc3)c21. The zero-order chi connectivity index (χ0) is 56.8. The molecule has 9 aromatic rings. The van der Waals surface area contributed by atoms with Crippen molar-refractivity contribution < 1.29 is 0 Å². The molecule has 80 heavy (non-hydrogen) atoms. The fraction of sp³-hybridized carbons (Fsp3) is 0.224. The lowest BCUT2D eigenvalue weighted by Gasteiger charge is -2.36. The number of fused-ring (bicyclic) bond motifs is 3. The molecule has 0 aliphatic carbocycles. The highest BCUT2D eigenvalue weighted by Gasteiger charge is 2.38. The van der Waals surface area contributed by atoms with Crippen LogP contribution in [0.5, 0.6) is 0 Å². The first-order valence-corrected chi connectivity index (χ1v) is 28.3. The molecule has 2 heterocycles. The van der Waals surface area contributed by atoms with Crippen LogP contribution in [0.25, 0.3) is 77.7 Å². The van der Waals surface area contributed by atoms with E-state index in [0.717, 1.165) is 55.6 Å². The van der Waals surface area contributed by atoms with Crippen LogP contribution in [0, 0.1) is 5.92 Å². The third kappa shape index (κ3) is 11.4. The van der Waals surface area contributed by atoms with Crippen LogP contribution in [-0.2, 0) is 21.8 Å². The van der Waals surface area contributed by atoms with E-state index >= 15 is 0 Å². The molecule has 0 spiro atoms. The minimum Gasteiger partial charge on any atom is -0.326 e. The summed E-state index contributed by atoms with van der Waals surface area (Å²) in [6, 6.07) is 61.6. The number of benzene rings is 7. The molecule has 4 heteroatoms. The molecule has 2 unspecified atom stereocenters. The molecule has 0 radical (unpaired) electrons. The van der Waals surface area contributed by atoms with Gasteiger partial charge in [-0.2, -0.15) is 0 Å². The standard InChI is InChI=1S/C76H78N4/c1-14-18-24-33-53(5)75(12,46-16-3)72-78-70(77-71(79-72)60-44-42-56(43-45-60)55-34-25-20-26-35-55)54(17-4)48-67(59-40-31-23-32-41-59)76(13,47-19-15-2)80-68-63(57-36-27-21-28-37-57)49-61(73(6,7)8)51-65(68)66-52-62(74(9,10)11)50-64(69(66)80)58-38-29-22-30-39-58/h14-53H,2H2,1,3-13H3/b18-14-,33-24-,46-16-,47-19-,54-17+,67-48-/t53-,75?,76?/m1/s1. The average molecular weight is 1050 g/mol. The molecule has 2 aromatic heterocycles. The second-order valence-electron chi connectivity index (χ2n) is 23.5. The number of allylic oxidation sites excluding steroid dienone is 13. The lowest BCUT2D eigenvalue weighted by molar-refractivity contribution is 0.434. The van der Waals surface area contributed by atoms with Crippen LogP contribution in [0.4, 0.5) is 0 Å². The van der Waals surface area contributed by atoms with Gasteiger partial charge >= 0.3 is 0 Å². The highest BCUT2D eigenvalue weighted by Crippen LogP contribution is 2.50. The van der Waals surface area contributed by atoms with Crippen LogP contribution in [0.15, 0.2) is 243 Å². The Labute approximate surface area is 477 Å². The monoisotopic (exact) mass is 1050 g/mol. The third-order valence-electron chi connectivity index (χ3n) is 15.9. The second-order valence-corrected chi connectivity index (χ2v) is 23.5. The average Bonchev–Trinajstić information content (AvgIpc) is 3.92. The largest absolute Gasteiger partial charge is 0.326 e. The predicted molar refractivity (Wildman–Crippen MR) is 345 cm³/mol. The fourth-order valence-corrected chi connectivity index (χ4v) is 11.0. The molecule has 402 valence electrons. The van der Waals surface area contributed by atoms with Crippen LogP contribution >= 0.6 is 0 Å². The molecular formula is C76H78N4. The Morgan fingerprint density at radius 3 is 1.48 bits per heavy atom. The Balaban J connectivity index is 1.42. The van der Waals surface area contributed by atoms with E-state index in [4.69, 9.17) is 15.0 Å². The molecular weight excluding hydrogens is 969 g/mol. The molecule has 0 fully saturated rings. The summed E-state index contributed by atoms with van der Waals surface area (Å²) in [7, 11) is 0. The summed E-state index contributed by atoms with van der Waals surface area (Å²) in [5.41, 5.74) is 13.9. The molecule has 0 N–H and O–H groups in total. The van der Waals surface area contributed by atoms with Crippen molar-refractivity contribution in [1.82, 2.24) is 19.5 Å². The van der Waals surface area contributed by atoms with Crippen LogP contribution in [-0.4, -0.2) is 19.5 Å². The first-order valence-electron chi connectivity index (χ1n) is 28.3. The highest BCUT2D eigenvalue weighted by atomic mass is 15.1. The van der Waals surface area contributed by atoms with E-state index < -0.39 is 11.0 Å². The van der Waals surface area contributed by atoms with Crippen LogP contribution in [0.2, 0.25) is 0 Å². The molecule has 3 atom stereocenters. The quantitative estimate of drug-likeness (QED) is 0.0715. The maximum absolute atomic E-state index is 5.58. The van der Waals surface area contributed by atoms with Crippen molar-refractivity contribution in [1.29, 1.82) is 0 Å². The lowest BCUT2D eigenvalue weighted by Crippen LogP contribution is -2.31. The maximum Gasteiger partial charge on any atom is 0.163 e. The molecule has 0 amide bonds. The maximum atomic E-state index is 5.58. The summed E-state index contributed by atoms with van der Waals surface area (Å²) in [6.07, 6.45) is 23.7. The van der Waals surface area contributed by atoms with Crippen molar-refractivity contribution in [3.05, 3.63) is 272 Å². The minimum absolute atomic E-state index is 0.0285. The molecule has 9 rings (SSSR count). The molecule has 4 nitrogen and oxygen atoms in total. The molecule has 0 bridgehead atoms. The van der Waals surface area contributed by atoms with Gasteiger partial charge in [0.25, 0.3) is 0 Å². The zero-order valence-electron chi connectivity index (χ0n) is 49.1. The van der Waals surface area contributed by atoms with Gasteiger partial charge in [-0.1, -0.05) is 261 Å². The van der Waals surface area contributed by atoms with E-state index in [2.05, 4.69) is 318 Å². The van der Waals surface area contributed by atoms with Crippen LogP contribution in [0.1, 0.15) is 111 Å². The Morgan fingerprint density at radius 1 is 0.512 bits per heavy atom. The smallest absolute Gasteiger partial charge is 0.163 e. The van der Waals surface area contributed by atoms with E-state index in [1.54, 1.807) is 0 Å². The Bertz CT molecular complexity index is 3720. The molecule has 7 aromatic carbocycles. The van der Waals surface area contributed by atoms with Crippen molar-refractivity contribution in [2.75, 3.05) is 0 Å². The number of hydrogen-bond acceptors (Lipinski definition) is 3. The summed E-state index contributed by atoms with van der Waals surface area (Å²) in [5, 5.41) is 2.41. The van der Waals surface area contributed by atoms with E-state index in [1.165, 1.54) is 33.0 Å². The van der Waals surface area contributed by atoms with Crippen LogP contribution in [0.3, 0.4) is 0 Å². The van der Waals surface area contributed by atoms with Crippen molar-refractivity contribution in [2.24, 2.45) is 5.92 Å². The number of nitrogens with zero attached hydrogens (tertiary/aromatic N) is 4. The summed E-state index contributed by atoms with van der Waals surface area (Å²) in [4.78, 5) is 16.5. The Morgan fingerprint density at radius 2 is 1.00 bits per heavy atom. The van der Waals surface area contributed by atoms with E-state index in [1.807, 2.05) is 13.0 Å². The summed E-state index contributed by atoms with van der Waals surface area (Å²) >= 11 is 0. The third-order valence-corrected chi connectivity index (χ3v) is 15.9. The first-order chi connectivity index (χ1) is 38.4.